The highest BCUT2D eigenvalue weighted by Gasteiger charge is 2.13. The van der Waals surface area contributed by atoms with Crippen molar-refractivity contribution >= 4 is 23.4 Å². The Labute approximate surface area is 126 Å². The molecular weight excluding hydrogens is 300 g/mol. The monoisotopic (exact) mass is 313 g/mol. The smallest absolute Gasteiger partial charge is 0.129 e. The molecule has 0 bridgehead atoms. The van der Waals surface area contributed by atoms with Crippen molar-refractivity contribution in [3.8, 4) is 0 Å². The van der Waals surface area contributed by atoms with Gasteiger partial charge < -0.3 is 5.73 Å². The van der Waals surface area contributed by atoms with Crippen molar-refractivity contribution in [2.24, 2.45) is 5.73 Å². The van der Waals surface area contributed by atoms with Crippen LogP contribution < -0.4 is 5.73 Å². The predicted molar refractivity (Wildman–Crippen MR) is 80.2 cm³/mol. The van der Waals surface area contributed by atoms with Crippen molar-refractivity contribution < 1.29 is 8.78 Å². The van der Waals surface area contributed by atoms with Crippen LogP contribution in [0.1, 0.15) is 5.56 Å². The van der Waals surface area contributed by atoms with Crippen LogP contribution in [0.15, 0.2) is 47.4 Å². The molecule has 0 saturated heterocycles. The summed E-state index contributed by atoms with van der Waals surface area (Å²) >= 11 is 7.52. The molecule has 2 aromatic rings. The Hall–Kier alpha value is -1.10. The van der Waals surface area contributed by atoms with Gasteiger partial charge in [-0.15, -0.1) is 11.8 Å². The summed E-state index contributed by atoms with van der Waals surface area (Å²) in [6.07, 6.45) is 0.163. The van der Waals surface area contributed by atoms with E-state index in [1.165, 1.54) is 30.0 Å². The first-order chi connectivity index (χ1) is 9.58. The third-order valence-corrected chi connectivity index (χ3v) is 4.52. The first-order valence-corrected chi connectivity index (χ1v) is 7.50. The molecule has 1 unspecified atom stereocenters. The van der Waals surface area contributed by atoms with Crippen LogP contribution in [-0.4, -0.2) is 11.8 Å². The van der Waals surface area contributed by atoms with E-state index in [0.717, 1.165) is 4.90 Å². The maximum absolute atomic E-state index is 13.5. The van der Waals surface area contributed by atoms with Crippen LogP contribution in [0.25, 0.3) is 0 Å². The summed E-state index contributed by atoms with van der Waals surface area (Å²) in [6.45, 7) is 0. The second-order valence-electron chi connectivity index (χ2n) is 4.41. The van der Waals surface area contributed by atoms with E-state index >= 15 is 0 Å². The van der Waals surface area contributed by atoms with Crippen LogP contribution in [0.3, 0.4) is 0 Å². The minimum absolute atomic E-state index is 0.0414. The summed E-state index contributed by atoms with van der Waals surface area (Å²) in [4.78, 5) is 0.915. The van der Waals surface area contributed by atoms with Gasteiger partial charge in [0.25, 0.3) is 0 Å². The Morgan fingerprint density at radius 1 is 1.05 bits per heavy atom. The fourth-order valence-electron chi connectivity index (χ4n) is 1.81. The summed E-state index contributed by atoms with van der Waals surface area (Å²) < 4.78 is 27.0. The van der Waals surface area contributed by atoms with Crippen molar-refractivity contribution in [3.05, 3.63) is 64.7 Å². The highest BCUT2D eigenvalue weighted by atomic mass is 35.5. The molecule has 0 amide bonds. The zero-order valence-corrected chi connectivity index (χ0v) is 12.2. The van der Waals surface area contributed by atoms with Crippen molar-refractivity contribution in [1.82, 2.24) is 0 Å². The molecule has 0 heterocycles. The molecule has 0 fully saturated rings. The van der Waals surface area contributed by atoms with Gasteiger partial charge in [-0.05, 0) is 30.7 Å². The van der Waals surface area contributed by atoms with Crippen LogP contribution in [0, 0.1) is 11.6 Å². The molecule has 2 N–H and O–H groups in total. The lowest BCUT2D eigenvalue weighted by Crippen LogP contribution is -2.26. The van der Waals surface area contributed by atoms with Gasteiger partial charge in [0.1, 0.15) is 11.6 Å². The van der Waals surface area contributed by atoms with E-state index in [-0.39, 0.29) is 18.0 Å². The fourth-order valence-corrected chi connectivity index (χ4v) is 3.00. The van der Waals surface area contributed by atoms with Gasteiger partial charge in [-0.3, -0.25) is 0 Å². The molecule has 2 aromatic carbocycles. The predicted octanol–water partition coefficient (Wildman–Crippen LogP) is 4.28. The molecule has 1 nitrogen and oxygen atoms in total. The van der Waals surface area contributed by atoms with E-state index in [2.05, 4.69) is 0 Å². The van der Waals surface area contributed by atoms with Crippen molar-refractivity contribution in [1.29, 1.82) is 0 Å². The number of thioether (sulfide) groups is 1. The van der Waals surface area contributed by atoms with E-state index in [9.17, 15) is 8.78 Å². The van der Waals surface area contributed by atoms with Crippen LogP contribution in [0.2, 0.25) is 5.02 Å². The average Bonchev–Trinajstić information content (AvgIpc) is 2.42. The van der Waals surface area contributed by atoms with Crippen molar-refractivity contribution in [3.63, 3.8) is 0 Å². The summed E-state index contributed by atoms with van der Waals surface area (Å²) in [6, 6.07) is 10.9. The molecule has 0 aliphatic carbocycles. The fraction of sp³-hybridized carbons (Fsp3) is 0.200. The number of hydrogen-bond donors (Lipinski definition) is 1. The highest BCUT2D eigenvalue weighted by molar-refractivity contribution is 7.99. The van der Waals surface area contributed by atoms with E-state index in [1.807, 2.05) is 18.2 Å². The van der Waals surface area contributed by atoms with Crippen LogP contribution in [0.4, 0.5) is 8.78 Å². The highest BCUT2D eigenvalue weighted by Crippen LogP contribution is 2.27. The first-order valence-electron chi connectivity index (χ1n) is 6.13. The Kier molecular flexibility index (Phi) is 5.40. The van der Waals surface area contributed by atoms with Gasteiger partial charge in [0.05, 0.1) is 5.02 Å². The number of rotatable bonds is 5. The van der Waals surface area contributed by atoms with Gasteiger partial charge in [-0.1, -0.05) is 29.8 Å². The number of halogens is 3. The average molecular weight is 314 g/mol. The van der Waals surface area contributed by atoms with Gasteiger partial charge >= 0.3 is 0 Å². The molecule has 0 aliphatic rings. The van der Waals surface area contributed by atoms with Crippen LogP contribution in [-0.2, 0) is 6.42 Å². The van der Waals surface area contributed by atoms with Crippen LogP contribution in [0.5, 0.6) is 0 Å². The maximum Gasteiger partial charge on any atom is 0.129 e. The zero-order valence-electron chi connectivity index (χ0n) is 10.7. The lowest BCUT2D eigenvalue weighted by Gasteiger charge is -2.13. The van der Waals surface area contributed by atoms with Crippen LogP contribution >= 0.6 is 23.4 Å². The Morgan fingerprint density at radius 2 is 1.70 bits per heavy atom. The number of nitrogens with two attached hydrogens (primary N) is 1. The lowest BCUT2D eigenvalue weighted by molar-refractivity contribution is 0.543. The SMILES string of the molecule is NC(CSc1ccccc1Cl)Cc1c(F)cccc1F. The molecule has 0 aliphatic heterocycles. The minimum atomic E-state index is -0.553. The largest absolute Gasteiger partial charge is 0.327 e. The molecule has 0 saturated carbocycles. The molecule has 2 rings (SSSR count). The Bertz CT molecular complexity index is 572. The van der Waals surface area contributed by atoms with E-state index < -0.39 is 11.6 Å². The molecule has 0 spiro atoms. The third kappa shape index (κ3) is 3.95. The molecule has 0 aromatic heterocycles. The van der Waals surface area contributed by atoms with Gasteiger partial charge in [-0.2, -0.15) is 0 Å². The van der Waals surface area contributed by atoms with E-state index in [4.69, 9.17) is 17.3 Å². The molecule has 0 radical (unpaired) electrons. The summed E-state index contributed by atoms with van der Waals surface area (Å²) in [5.74, 6) is -0.566. The quantitative estimate of drug-likeness (QED) is 0.834. The van der Waals surface area contributed by atoms with Gasteiger partial charge in [-0.25, -0.2) is 8.78 Å². The topological polar surface area (TPSA) is 26.0 Å². The normalized spacial score (nSPS) is 12.4. The van der Waals surface area contributed by atoms with Gasteiger partial charge in [0.15, 0.2) is 0 Å². The maximum atomic E-state index is 13.5. The Morgan fingerprint density at radius 3 is 2.35 bits per heavy atom. The molecule has 1 atom stereocenters. The lowest BCUT2D eigenvalue weighted by atomic mass is 10.1. The van der Waals surface area contributed by atoms with Gasteiger partial charge in [0.2, 0.25) is 0 Å². The first kappa shape index (κ1) is 15.3. The minimum Gasteiger partial charge on any atom is -0.327 e. The Balaban J connectivity index is 1.96. The molecule has 106 valence electrons. The van der Waals surface area contributed by atoms with Crippen molar-refractivity contribution in [2.45, 2.75) is 17.4 Å². The third-order valence-electron chi connectivity index (χ3n) is 2.82. The molecule has 20 heavy (non-hydrogen) atoms. The van der Waals surface area contributed by atoms with E-state index in [1.54, 1.807) is 6.07 Å². The molecular formula is C15H14ClF2NS. The summed E-state index contributed by atoms with van der Waals surface area (Å²) in [5.41, 5.74) is 5.99. The van der Waals surface area contributed by atoms with E-state index in [0.29, 0.717) is 10.8 Å². The second-order valence-corrected chi connectivity index (χ2v) is 5.87. The summed E-state index contributed by atoms with van der Waals surface area (Å²) in [5, 5.41) is 0.654. The van der Waals surface area contributed by atoms with Gasteiger partial charge in [0, 0.05) is 22.3 Å². The summed E-state index contributed by atoms with van der Waals surface area (Å²) in [7, 11) is 0. The van der Waals surface area contributed by atoms with Crippen molar-refractivity contribution in [2.75, 3.05) is 5.75 Å². The number of hydrogen-bond acceptors (Lipinski definition) is 2. The second kappa shape index (κ2) is 7.07. The number of benzene rings is 2. The molecule has 5 heteroatoms. The standard InChI is InChI=1S/C15H14ClF2NS/c16-12-4-1-2-7-15(12)20-9-10(19)8-11-13(17)5-3-6-14(11)18/h1-7,10H,8-9,19H2. The zero-order chi connectivity index (χ0) is 14.5.